The van der Waals surface area contributed by atoms with Crippen LogP contribution in [0.5, 0.6) is 0 Å². The fraction of sp³-hybridized carbons (Fsp3) is 0.692. The molecule has 0 radical (unpaired) electrons. The molecule has 29 heteroatoms. The molecule has 0 spiro atoms. The molecule has 0 unspecified atom stereocenters. The molecule has 26 nitrogen and oxygen atoms in total. The van der Waals surface area contributed by atoms with Crippen molar-refractivity contribution in [3.8, 4) is 0 Å². The summed E-state index contributed by atoms with van der Waals surface area (Å²) in [7, 11) is 0. The third-order valence-electron chi connectivity index (χ3n) is 14.8. The van der Waals surface area contributed by atoms with Gasteiger partial charge in [-0.3, -0.25) is 9.59 Å². The standard InChI is InChI=1S/C52H82N10O16S3/c53-21-32-40(66)42(68)35(57)48(73-32)76-45-31(56)20-30(55)39(65)47(45)78-50-44(70)46(77-49-36(58)43(69)41(67)33(22-54)74-49)34(75-50)24-81-18-13-61-51(79)59-11-5-16-71-14-3-4-15-72-17-6-12-60-52(80)62-23-25-9-10-28-29(19-25)38(64)27-8-2-1-7-26(27)37(28)63/h1-2,7-10,19,30-36,39-50,65-70H,3-6,11-18,20-24,53-58H2,(H2,59,61,79)(H2,60,62,80)/t30-,31+,32-,33+,34-,35-,36-,39+,40-,41-,42-,43-,44-,45-,46-,47-,48-,49-,50+/m1/s1. The monoisotopic (exact) mass is 1200 g/mol. The second kappa shape index (κ2) is 31.7. The molecule has 4 fully saturated rings. The lowest BCUT2D eigenvalue weighted by atomic mass is 9.83. The molecule has 19 atom stereocenters. The molecule has 3 saturated heterocycles. The summed E-state index contributed by atoms with van der Waals surface area (Å²) < 4.78 is 48.1. The molecule has 2 aromatic carbocycles. The summed E-state index contributed by atoms with van der Waals surface area (Å²) in [5.41, 5.74) is 39.3. The maximum absolute atomic E-state index is 13.1. The van der Waals surface area contributed by atoms with Crippen LogP contribution in [0.3, 0.4) is 0 Å². The molecule has 0 bridgehead atoms. The van der Waals surface area contributed by atoms with Crippen LogP contribution in [0, 0.1) is 0 Å². The smallest absolute Gasteiger partial charge is 0.194 e. The van der Waals surface area contributed by atoms with Crippen LogP contribution < -0.4 is 55.7 Å². The molecule has 5 aliphatic rings. The average Bonchev–Trinajstić information content (AvgIpc) is 3.79. The Labute approximate surface area is 485 Å². The van der Waals surface area contributed by atoms with E-state index in [0.717, 1.165) is 31.2 Å². The Hall–Kier alpha value is -3.29. The van der Waals surface area contributed by atoms with Gasteiger partial charge in [-0.05, 0) is 74.2 Å². The van der Waals surface area contributed by atoms with Crippen LogP contribution in [0.15, 0.2) is 42.5 Å². The van der Waals surface area contributed by atoms with Crippen molar-refractivity contribution in [1.29, 1.82) is 0 Å². The Morgan fingerprint density at radius 1 is 0.556 bits per heavy atom. The van der Waals surface area contributed by atoms with Crippen molar-refractivity contribution < 1.29 is 78.1 Å². The molecule has 3 heterocycles. The van der Waals surface area contributed by atoms with E-state index in [2.05, 4.69) is 21.3 Å². The molecule has 1 saturated carbocycles. The maximum atomic E-state index is 13.1. The molecule has 0 amide bonds. The first kappa shape index (κ1) is 65.3. The number of carbonyl (C=O) groups is 2. The van der Waals surface area contributed by atoms with Crippen molar-refractivity contribution in [1.82, 2.24) is 21.3 Å². The molecular formula is C52H82N10O16S3. The van der Waals surface area contributed by atoms with Gasteiger partial charge >= 0.3 is 0 Å². The van der Waals surface area contributed by atoms with Gasteiger partial charge in [-0.2, -0.15) is 11.8 Å². The second-order valence-electron chi connectivity index (χ2n) is 20.7. The minimum absolute atomic E-state index is 0.0838. The normalized spacial score (nSPS) is 33.9. The maximum Gasteiger partial charge on any atom is 0.194 e. The highest BCUT2D eigenvalue weighted by molar-refractivity contribution is 7.99. The molecule has 3 aliphatic heterocycles. The van der Waals surface area contributed by atoms with Crippen LogP contribution in [-0.2, 0) is 44.4 Å². The highest BCUT2D eigenvalue weighted by Gasteiger charge is 2.54. The van der Waals surface area contributed by atoms with Gasteiger partial charge in [-0.1, -0.05) is 30.3 Å². The number of thiocarbonyl (C=S) groups is 2. The van der Waals surface area contributed by atoms with Crippen molar-refractivity contribution in [3.05, 3.63) is 70.3 Å². The average molecular weight is 1200 g/mol. The summed E-state index contributed by atoms with van der Waals surface area (Å²) in [6.07, 6.45) is -16.2. The topological polar surface area (TPSA) is 434 Å². The lowest BCUT2D eigenvalue weighted by molar-refractivity contribution is -0.306. The van der Waals surface area contributed by atoms with E-state index in [-0.39, 0.29) is 36.8 Å². The van der Waals surface area contributed by atoms with Gasteiger partial charge < -0.3 is 124 Å². The number of carbonyl (C=O) groups excluding carboxylic acids is 2. The van der Waals surface area contributed by atoms with Gasteiger partial charge in [0.2, 0.25) is 0 Å². The van der Waals surface area contributed by atoms with Gasteiger partial charge in [-0.25, -0.2) is 0 Å². The van der Waals surface area contributed by atoms with Crippen LogP contribution in [0.25, 0.3) is 0 Å². The molecular weight excluding hydrogens is 1120 g/mol. The summed E-state index contributed by atoms with van der Waals surface area (Å²) in [4.78, 5) is 25.9. The minimum Gasteiger partial charge on any atom is -0.389 e. The Morgan fingerprint density at radius 2 is 1.05 bits per heavy atom. The fourth-order valence-corrected chi connectivity index (χ4v) is 11.4. The van der Waals surface area contributed by atoms with E-state index in [4.69, 9.17) is 96.7 Å². The van der Waals surface area contributed by atoms with Crippen LogP contribution in [0.4, 0.5) is 0 Å². The van der Waals surface area contributed by atoms with Crippen molar-refractivity contribution >= 4 is 58.0 Å². The van der Waals surface area contributed by atoms with E-state index >= 15 is 0 Å². The number of aliphatic hydroxyl groups excluding tert-OH is 6. The van der Waals surface area contributed by atoms with E-state index < -0.39 is 116 Å². The molecule has 81 heavy (non-hydrogen) atoms. The van der Waals surface area contributed by atoms with Crippen molar-refractivity contribution in [2.45, 2.75) is 155 Å². The van der Waals surface area contributed by atoms with Crippen LogP contribution in [-0.4, -0.2) is 239 Å². The number of hydrogen-bond donors (Lipinski definition) is 16. The predicted molar refractivity (Wildman–Crippen MR) is 304 cm³/mol. The highest BCUT2D eigenvalue weighted by atomic mass is 32.2. The second-order valence-corrected chi connectivity index (χ2v) is 22.6. The van der Waals surface area contributed by atoms with E-state index in [1.54, 1.807) is 36.4 Å². The summed E-state index contributed by atoms with van der Waals surface area (Å²) in [5, 5.41) is 79.0. The summed E-state index contributed by atoms with van der Waals surface area (Å²) in [5.74, 6) is 0.459. The van der Waals surface area contributed by atoms with Crippen LogP contribution in [0.1, 0.15) is 69.5 Å². The molecule has 454 valence electrons. The Morgan fingerprint density at radius 3 is 1.63 bits per heavy atom. The number of ether oxygens (including phenoxy) is 8. The zero-order chi connectivity index (χ0) is 58.3. The van der Waals surface area contributed by atoms with Gasteiger partial charge in [0.25, 0.3) is 0 Å². The lowest BCUT2D eigenvalue weighted by Crippen LogP contribution is -2.68. The number of rotatable bonds is 28. The third-order valence-corrected chi connectivity index (χ3v) is 16.4. The SMILES string of the molecule is NC[C@@H]1O[C@H](O[C@H]2[C@@H](O)[C@H](O[C@@H]3[C@@H](O)[C@H](N)C[C@H](N)[C@H]3O[C@H]3O[C@H](CN)[C@@H](O)[C@H](O)[C@H]3N)O[C@@H]2CSCCNC(=S)NCCCOCCCCOCCCNC(=S)NCc2ccc3c(c2)C(=O)c2ccccc2C3=O)[C@H](N)[C@@H](O)[C@@H]1O. The summed E-state index contributed by atoms with van der Waals surface area (Å²) in [6, 6.07) is 7.91. The number of nitrogens with one attached hydrogen (secondary N) is 4. The first-order valence-electron chi connectivity index (χ1n) is 27.5. The molecule has 22 N–H and O–H groups in total. The van der Waals surface area contributed by atoms with Crippen molar-refractivity contribution in [3.63, 3.8) is 0 Å². The Kier molecular flexibility index (Phi) is 25.6. The quantitative estimate of drug-likeness (QED) is 0.0240. The number of benzene rings is 2. The third kappa shape index (κ3) is 17.0. The number of thioether (sulfide) groups is 1. The fourth-order valence-electron chi connectivity index (χ4n) is 10.1. The Bertz CT molecular complexity index is 2360. The van der Waals surface area contributed by atoms with Crippen molar-refractivity contribution in [2.24, 2.45) is 34.4 Å². The lowest BCUT2D eigenvalue weighted by Gasteiger charge is -2.47. The largest absolute Gasteiger partial charge is 0.389 e. The molecule has 0 aromatic heterocycles. The van der Waals surface area contributed by atoms with E-state index in [1.807, 2.05) is 6.07 Å². The van der Waals surface area contributed by atoms with Gasteiger partial charge in [0.1, 0.15) is 61.0 Å². The van der Waals surface area contributed by atoms with Crippen LogP contribution in [0.2, 0.25) is 0 Å². The molecule has 2 aromatic rings. The minimum atomic E-state index is -1.55. The number of fused-ring (bicyclic) bond motifs is 2. The first-order chi connectivity index (χ1) is 38.9. The van der Waals surface area contributed by atoms with E-state index in [9.17, 15) is 40.2 Å². The summed E-state index contributed by atoms with van der Waals surface area (Å²) in [6.45, 7) is 4.10. The van der Waals surface area contributed by atoms with E-state index in [1.165, 1.54) is 11.8 Å². The molecule has 2 aliphatic carbocycles. The van der Waals surface area contributed by atoms with Crippen LogP contribution >= 0.6 is 36.2 Å². The van der Waals surface area contributed by atoms with Gasteiger partial charge in [0.15, 0.2) is 40.7 Å². The number of unbranched alkanes of at least 4 members (excludes halogenated alkanes) is 1. The zero-order valence-electron chi connectivity index (χ0n) is 45.0. The highest BCUT2D eigenvalue weighted by Crippen LogP contribution is 2.36. The Balaban J connectivity index is 0.754. The number of hydrogen-bond acceptors (Lipinski definition) is 25. The number of ketones is 2. The van der Waals surface area contributed by atoms with Gasteiger partial charge in [0, 0.05) is 112 Å². The number of aliphatic hydroxyl groups is 6. The zero-order valence-corrected chi connectivity index (χ0v) is 47.4. The summed E-state index contributed by atoms with van der Waals surface area (Å²) >= 11 is 12.3. The van der Waals surface area contributed by atoms with E-state index in [0.29, 0.717) is 90.8 Å². The van der Waals surface area contributed by atoms with Gasteiger partial charge in [-0.15, -0.1) is 0 Å². The first-order valence-corrected chi connectivity index (χ1v) is 29.4. The number of nitrogens with two attached hydrogens (primary N) is 6. The van der Waals surface area contributed by atoms with Gasteiger partial charge in [0.05, 0.1) is 24.3 Å². The predicted octanol–water partition coefficient (Wildman–Crippen LogP) is -4.66. The molecule has 7 rings (SSSR count). The van der Waals surface area contributed by atoms with Crippen molar-refractivity contribution in [2.75, 3.05) is 70.7 Å².